The average Bonchev–Trinajstić information content (AvgIpc) is 2.55. The first-order valence-corrected chi connectivity index (χ1v) is 7.27. The fourth-order valence-corrected chi connectivity index (χ4v) is 2.65. The highest BCUT2D eigenvalue weighted by atomic mass is 35.5. The third-order valence-electron chi connectivity index (χ3n) is 3.48. The van der Waals surface area contributed by atoms with Crippen LogP contribution in [-0.4, -0.2) is 42.2 Å². The molecule has 1 fully saturated rings. The van der Waals surface area contributed by atoms with E-state index in [1.807, 2.05) is 18.2 Å². The van der Waals surface area contributed by atoms with Crippen molar-refractivity contribution in [3.8, 4) is 11.3 Å². The molecule has 2 aromatic rings. The first-order chi connectivity index (χ1) is 10.6. The van der Waals surface area contributed by atoms with Crippen molar-refractivity contribution in [3.05, 3.63) is 41.3 Å². The van der Waals surface area contributed by atoms with E-state index < -0.39 is 5.91 Å². The zero-order valence-corrected chi connectivity index (χ0v) is 12.6. The number of carbonyl (C=O) groups is 1. The summed E-state index contributed by atoms with van der Waals surface area (Å²) in [5.41, 5.74) is 7.67. The lowest BCUT2D eigenvalue weighted by Crippen LogP contribution is -2.36. The van der Waals surface area contributed by atoms with Crippen molar-refractivity contribution >= 4 is 23.2 Å². The number of ether oxygens (including phenoxy) is 1. The minimum Gasteiger partial charge on any atom is -0.378 e. The molecule has 1 aliphatic heterocycles. The summed E-state index contributed by atoms with van der Waals surface area (Å²) in [5, 5.41) is 0.630. The number of primary amides is 1. The zero-order chi connectivity index (χ0) is 15.5. The van der Waals surface area contributed by atoms with Crippen LogP contribution in [0.2, 0.25) is 5.02 Å². The summed E-state index contributed by atoms with van der Waals surface area (Å²) in [6.07, 6.45) is 2.92. The molecule has 114 valence electrons. The van der Waals surface area contributed by atoms with Crippen LogP contribution in [0.5, 0.6) is 0 Å². The lowest BCUT2D eigenvalue weighted by Gasteiger charge is -2.29. The SMILES string of the molecule is NC(=O)c1cncc(-c2ccc(N3CCOCC3)c(Cl)c2)n1. The van der Waals surface area contributed by atoms with Crippen molar-refractivity contribution in [2.24, 2.45) is 5.73 Å². The zero-order valence-electron chi connectivity index (χ0n) is 11.8. The molecule has 1 aromatic carbocycles. The fourth-order valence-electron chi connectivity index (χ4n) is 2.35. The topological polar surface area (TPSA) is 81.3 Å². The molecule has 0 unspecified atom stereocenters. The second kappa shape index (κ2) is 6.29. The summed E-state index contributed by atoms with van der Waals surface area (Å²) in [6, 6.07) is 5.67. The molecule has 0 spiro atoms. The quantitative estimate of drug-likeness (QED) is 0.932. The van der Waals surface area contributed by atoms with E-state index in [9.17, 15) is 4.79 Å². The van der Waals surface area contributed by atoms with Crippen LogP contribution in [0.1, 0.15) is 10.5 Å². The van der Waals surface area contributed by atoms with Crippen LogP contribution < -0.4 is 10.6 Å². The van der Waals surface area contributed by atoms with Crippen LogP contribution in [0.3, 0.4) is 0 Å². The van der Waals surface area contributed by atoms with E-state index in [2.05, 4.69) is 14.9 Å². The van der Waals surface area contributed by atoms with Crippen molar-refractivity contribution in [1.82, 2.24) is 9.97 Å². The first kappa shape index (κ1) is 14.7. The number of anilines is 1. The lowest BCUT2D eigenvalue weighted by molar-refractivity contribution is 0.0995. The van der Waals surface area contributed by atoms with E-state index in [0.717, 1.165) is 24.3 Å². The van der Waals surface area contributed by atoms with Gasteiger partial charge in [0, 0.05) is 18.7 Å². The van der Waals surface area contributed by atoms with E-state index >= 15 is 0 Å². The van der Waals surface area contributed by atoms with Crippen molar-refractivity contribution in [1.29, 1.82) is 0 Å². The number of benzene rings is 1. The molecule has 1 amide bonds. The van der Waals surface area contributed by atoms with Gasteiger partial charge < -0.3 is 15.4 Å². The van der Waals surface area contributed by atoms with Crippen LogP contribution in [0, 0.1) is 0 Å². The second-order valence-corrected chi connectivity index (χ2v) is 5.33. The van der Waals surface area contributed by atoms with Crippen molar-refractivity contribution in [2.75, 3.05) is 31.2 Å². The minimum atomic E-state index is -0.606. The van der Waals surface area contributed by atoms with Crippen LogP contribution in [0.25, 0.3) is 11.3 Å². The number of nitrogens with zero attached hydrogens (tertiary/aromatic N) is 3. The largest absolute Gasteiger partial charge is 0.378 e. The average molecular weight is 319 g/mol. The van der Waals surface area contributed by atoms with Gasteiger partial charge in [0.05, 0.1) is 42.0 Å². The van der Waals surface area contributed by atoms with Crippen molar-refractivity contribution in [2.45, 2.75) is 0 Å². The number of halogens is 1. The van der Waals surface area contributed by atoms with Crippen molar-refractivity contribution < 1.29 is 9.53 Å². The highest BCUT2D eigenvalue weighted by Crippen LogP contribution is 2.30. The number of hydrogen-bond acceptors (Lipinski definition) is 5. The molecule has 0 radical (unpaired) electrons. The predicted molar refractivity (Wildman–Crippen MR) is 84.0 cm³/mol. The number of morpholine rings is 1. The number of aromatic nitrogens is 2. The number of carbonyl (C=O) groups excluding carboxylic acids is 1. The molecule has 2 N–H and O–H groups in total. The molecule has 2 heterocycles. The molecule has 3 rings (SSSR count). The van der Waals surface area contributed by atoms with E-state index in [0.29, 0.717) is 23.9 Å². The van der Waals surface area contributed by atoms with E-state index in [1.54, 1.807) is 6.20 Å². The fraction of sp³-hybridized carbons (Fsp3) is 0.267. The summed E-state index contributed by atoms with van der Waals surface area (Å²) >= 11 is 6.39. The van der Waals surface area contributed by atoms with E-state index in [4.69, 9.17) is 22.1 Å². The Morgan fingerprint density at radius 3 is 2.73 bits per heavy atom. The number of nitrogens with two attached hydrogens (primary N) is 1. The van der Waals surface area contributed by atoms with Gasteiger partial charge in [-0.15, -0.1) is 0 Å². The first-order valence-electron chi connectivity index (χ1n) is 6.89. The minimum absolute atomic E-state index is 0.130. The van der Waals surface area contributed by atoms with E-state index in [1.165, 1.54) is 6.20 Å². The van der Waals surface area contributed by atoms with Crippen LogP contribution in [0.15, 0.2) is 30.6 Å². The van der Waals surface area contributed by atoms with Gasteiger partial charge in [-0.25, -0.2) is 4.98 Å². The lowest BCUT2D eigenvalue weighted by atomic mass is 10.1. The van der Waals surface area contributed by atoms with Gasteiger partial charge in [0.2, 0.25) is 0 Å². The van der Waals surface area contributed by atoms with Gasteiger partial charge in [0.15, 0.2) is 0 Å². The highest BCUT2D eigenvalue weighted by Gasteiger charge is 2.15. The van der Waals surface area contributed by atoms with Gasteiger partial charge in [-0.3, -0.25) is 9.78 Å². The van der Waals surface area contributed by atoms with Crippen LogP contribution in [0.4, 0.5) is 5.69 Å². The molecule has 1 aliphatic rings. The monoisotopic (exact) mass is 318 g/mol. The van der Waals surface area contributed by atoms with Crippen molar-refractivity contribution in [3.63, 3.8) is 0 Å². The molecule has 7 heteroatoms. The maximum Gasteiger partial charge on any atom is 0.268 e. The number of hydrogen-bond donors (Lipinski definition) is 1. The Morgan fingerprint density at radius 1 is 1.27 bits per heavy atom. The molecule has 6 nitrogen and oxygen atoms in total. The third kappa shape index (κ3) is 3.03. The Balaban J connectivity index is 1.91. The number of rotatable bonds is 3. The molecule has 0 atom stereocenters. The van der Waals surface area contributed by atoms with Gasteiger partial charge in [0.1, 0.15) is 5.69 Å². The van der Waals surface area contributed by atoms with Gasteiger partial charge in [-0.05, 0) is 12.1 Å². The Bertz CT molecular complexity index is 702. The Hall–Kier alpha value is -2.18. The van der Waals surface area contributed by atoms with E-state index in [-0.39, 0.29) is 5.69 Å². The third-order valence-corrected chi connectivity index (χ3v) is 3.78. The highest BCUT2D eigenvalue weighted by molar-refractivity contribution is 6.33. The second-order valence-electron chi connectivity index (χ2n) is 4.92. The normalized spacial score (nSPS) is 14.9. The predicted octanol–water partition coefficient (Wildman–Crippen LogP) is 1.73. The van der Waals surface area contributed by atoms with Crippen LogP contribution >= 0.6 is 11.6 Å². The van der Waals surface area contributed by atoms with Gasteiger partial charge >= 0.3 is 0 Å². The molecule has 1 aromatic heterocycles. The maximum atomic E-state index is 11.2. The Kier molecular flexibility index (Phi) is 4.22. The summed E-state index contributed by atoms with van der Waals surface area (Å²) in [7, 11) is 0. The smallest absolute Gasteiger partial charge is 0.268 e. The van der Waals surface area contributed by atoms with Crippen LogP contribution in [-0.2, 0) is 4.74 Å². The molecule has 1 saturated heterocycles. The number of amides is 1. The van der Waals surface area contributed by atoms with Gasteiger partial charge in [-0.1, -0.05) is 17.7 Å². The molecule has 0 saturated carbocycles. The standard InChI is InChI=1S/C15H15ClN4O2/c16-11-7-10(12-8-18-9-13(19-12)15(17)21)1-2-14(11)20-3-5-22-6-4-20/h1-2,7-9H,3-6H2,(H2,17,21). The summed E-state index contributed by atoms with van der Waals surface area (Å²) < 4.78 is 5.34. The molecule has 0 bridgehead atoms. The molecular formula is C15H15ClN4O2. The van der Waals surface area contributed by atoms with Gasteiger partial charge in [-0.2, -0.15) is 0 Å². The summed E-state index contributed by atoms with van der Waals surface area (Å²) in [5.74, 6) is -0.606. The van der Waals surface area contributed by atoms with Gasteiger partial charge in [0.25, 0.3) is 5.91 Å². The molecule has 22 heavy (non-hydrogen) atoms. The summed E-state index contributed by atoms with van der Waals surface area (Å²) in [6.45, 7) is 3.03. The Morgan fingerprint density at radius 2 is 2.05 bits per heavy atom. The Labute approximate surface area is 132 Å². The summed E-state index contributed by atoms with van der Waals surface area (Å²) in [4.78, 5) is 21.6. The maximum absolute atomic E-state index is 11.2. The molecular weight excluding hydrogens is 304 g/mol. The molecule has 0 aliphatic carbocycles.